The molecule has 2 N–H and O–H groups in total. The maximum Gasteiger partial charge on any atom is 0.446 e. The number of amides is 2. The van der Waals surface area contributed by atoms with Crippen LogP contribution in [0, 0.1) is 0 Å². The fourth-order valence-electron chi connectivity index (χ4n) is 2.12. The van der Waals surface area contributed by atoms with Crippen molar-refractivity contribution in [3.8, 4) is 0 Å². The fourth-order valence-corrected chi connectivity index (χ4v) is 2.66. The number of nitrogens with one attached hydrogen (secondary N) is 2. The van der Waals surface area contributed by atoms with Gasteiger partial charge in [0.05, 0.1) is 0 Å². The predicted molar refractivity (Wildman–Crippen MR) is 99.1 cm³/mol. The van der Waals surface area contributed by atoms with Gasteiger partial charge < -0.3 is 10.6 Å². The number of halogens is 3. The lowest BCUT2D eigenvalue weighted by atomic mass is 10.1. The number of carbonyl (C=O) groups excluding carboxylic acids is 2. The molecular weight excluding hydrogens is 377 g/mol. The number of hydrogen-bond acceptors (Lipinski definition) is 3. The summed E-state index contributed by atoms with van der Waals surface area (Å²) in [5.41, 5.74) is -2.35. The topological polar surface area (TPSA) is 58.2 Å². The molecule has 0 fully saturated rings. The van der Waals surface area contributed by atoms with Crippen molar-refractivity contribution in [3.63, 3.8) is 0 Å². The Morgan fingerprint density at radius 2 is 1.67 bits per heavy atom. The van der Waals surface area contributed by atoms with Crippen LogP contribution < -0.4 is 10.6 Å². The van der Waals surface area contributed by atoms with Gasteiger partial charge in [0.25, 0.3) is 5.91 Å². The van der Waals surface area contributed by atoms with E-state index in [9.17, 15) is 22.8 Å². The van der Waals surface area contributed by atoms with Gasteiger partial charge in [0.15, 0.2) is 0 Å². The molecule has 0 saturated heterocycles. The van der Waals surface area contributed by atoms with Crippen molar-refractivity contribution in [3.05, 3.63) is 71.3 Å². The zero-order chi connectivity index (χ0) is 19.9. The highest BCUT2D eigenvalue weighted by Gasteiger charge is 2.28. The minimum Gasteiger partial charge on any atom is -0.355 e. The molecule has 4 nitrogen and oxygen atoms in total. The first-order chi connectivity index (χ1) is 12.8. The second-order valence-electron chi connectivity index (χ2n) is 5.44. The molecule has 2 aromatic carbocycles. The van der Waals surface area contributed by atoms with Crippen molar-refractivity contribution in [1.29, 1.82) is 0 Å². The van der Waals surface area contributed by atoms with E-state index < -0.39 is 5.51 Å². The summed E-state index contributed by atoms with van der Waals surface area (Å²) in [7, 11) is 1.55. The smallest absolute Gasteiger partial charge is 0.355 e. The number of alkyl halides is 3. The van der Waals surface area contributed by atoms with Crippen molar-refractivity contribution < 1.29 is 22.8 Å². The highest BCUT2D eigenvalue weighted by molar-refractivity contribution is 8.00. The third-order valence-electron chi connectivity index (χ3n) is 3.45. The monoisotopic (exact) mass is 394 g/mol. The van der Waals surface area contributed by atoms with Gasteiger partial charge >= 0.3 is 5.51 Å². The molecule has 0 unspecified atom stereocenters. The molecule has 0 aliphatic rings. The average molecular weight is 394 g/mol. The number of rotatable bonds is 6. The highest BCUT2D eigenvalue weighted by atomic mass is 32.2. The molecule has 2 rings (SSSR count). The molecule has 2 aromatic rings. The summed E-state index contributed by atoms with van der Waals surface area (Å²) in [6.45, 7) is 0.290. The molecule has 27 heavy (non-hydrogen) atoms. The second-order valence-corrected chi connectivity index (χ2v) is 6.58. The molecule has 0 saturated carbocycles. The van der Waals surface area contributed by atoms with Crippen LogP contribution in [-0.2, 0) is 11.3 Å². The Hall–Kier alpha value is -2.74. The number of benzene rings is 2. The van der Waals surface area contributed by atoms with Gasteiger partial charge in [-0.25, -0.2) is 0 Å². The number of hydrogen-bond donors (Lipinski definition) is 2. The van der Waals surface area contributed by atoms with Gasteiger partial charge in [-0.1, -0.05) is 24.3 Å². The second kappa shape index (κ2) is 9.27. The molecule has 8 heteroatoms. The molecule has 0 aromatic heterocycles. The Kier molecular flexibility index (Phi) is 7.06. The van der Waals surface area contributed by atoms with E-state index in [2.05, 4.69) is 10.6 Å². The number of carbonyl (C=O) groups is 2. The van der Waals surface area contributed by atoms with Gasteiger partial charge in [0.2, 0.25) is 5.91 Å². The molecule has 0 radical (unpaired) electrons. The van der Waals surface area contributed by atoms with E-state index in [4.69, 9.17) is 0 Å². The van der Waals surface area contributed by atoms with Crippen LogP contribution in [0.4, 0.5) is 13.2 Å². The third kappa shape index (κ3) is 7.18. The van der Waals surface area contributed by atoms with Crippen LogP contribution in [0.2, 0.25) is 0 Å². The highest BCUT2D eigenvalue weighted by Crippen LogP contribution is 2.36. The van der Waals surface area contributed by atoms with Crippen molar-refractivity contribution in [2.45, 2.75) is 16.9 Å². The summed E-state index contributed by atoms with van der Waals surface area (Å²) < 4.78 is 36.8. The lowest BCUT2D eigenvalue weighted by Gasteiger charge is -2.05. The first kappa shape index (κ1) is 20.6. The molecule has 0 heterocycles. The van der Waals surface area contributed by atoms with Crippen LogP contribution in [0.5, 0.6) is 0 Å². The molecule has 2 amide bonds. The van der Waals surface area contributed by atoms with E-state index in [0.29, 0.717) is 17.7 Å². The molecule has 0 spiro atoms. The molecule has 0 bridgehead atoms. The SMILES string of the molecule is CNC(=O)c1ccc(CNC(=O)/C=C/c2ccc(SC(F)(F)F)cc2)cc1. The summed E-state index contributed by atoms with van der Waals surface area (Å²) in [5, 5.41) is 5.22. The third-order valence-corrected chi connectivity index (χ3v) is 4.19. The summed E-state index contributed by atoms with van der Waals surface area (Å²) in [6.07, 6.45) is 2.83. The van der Waals surface area contributed by atoms with Crippen molar-refractivity contribution in [1.82, 2.24) is 10.6 Å². The summed E-state index contributed by atoms with van der Waals surface area (Å²) in [5.74, 6) is -0.521. The van der Waals surface area contributed by atoms with Gasteiger partial charge in [0.1, 0.15) is 0 Å². The summed E-state index contributed by atoms with van der Waals surface area (Å²) in [4.78, 5) is 23.4. The Morgan fingerprint density at radius 1 is 1.04 bits per heavy atom. The standard InChI is InChI=1S/C19H17F3N2O2S/c1-23-18(26)15-7-2-14(3-8-15)12-24-17(25)11-6-13-4-9-16(10-5-13)27-19(20,21)22/h2-11H,12H2,1H3,(H,23,26)(H,24,25)/b11-6+. The zero-order valence-electron chi connectivity index (χ0n) is 14.3. The van der Waals surface area contributed by atoms with Gasteiger partial charge in [0, 0.05) is 30.1 Å². The maximum absolute atomic E-state index is 12.3. The lowest BCUT2D eigenvalue weighted by Crippen LogP contribution is -2.20. The van der Waals surface area contributed by atoms with Crippen LogP contribution in [0.25, 0.3) is 6.08 Å². The van der Waals surface area contributed by atoms with Gasteiger partial charge in [-0.15, -0.1) is 0 Å². The summed E-state index contributed by atoms with van der Waals surface area (Å²) in [6, 6.07) is 12.5. The molecule has 0 aliphatic carbocycles. The van der Waals surface area contributed by atoms with Crippen molar-refractivity contribution in [2.75, 3.05) is 7.05 Å². The van der Waals surface area contributed by atoms with Gasteiger partial charge in [-0.2, -0.15) is 13.2 Å². The maximum atomic E-state index is 12.3. The zero-order valence-corrected chi connectivity index (χ0v) is 15.2. The molecule has 142 valence electrons. The Labute approximate surface area is 158 Å². The first-order valence-corrected chi connectivity index (χ1v) is 8.71. The van der Waals surface area contributed by atoms with E-state index >= 15 is 0 Å². The van der Waals surface area contributed by atoms with Crippen LogP contribution in [0.1, 0.15) is 21.5 Å². The lowest BCUT2D eigenvalue weighted by molar-refractivity contribution is -0.116. The van der Waals surface area contributed by atoms with Crippen LogP contribution >= 0.6 is 11.8 Å². The first-order valence-electron chi connectivity index (χ1n) is 7.89. The van der Waals surface area contributed by atoms with Crippen LogP contribution in [0.15, 0.2) is 59.5 Å². The minimum atomic E-state index is -4.32. The quantitative estimate of drug-likeness (QED) is 0.575. The van der Waals surface area contributed by atoms with E-state index in [-0.39, 0.29) is 28.5 Å². The molecular formula is C19H17F3N2O2S. The van der Waals surface area contributed by atoms with E-state index in [1.807, 2.05) is 0 Å². The molecule has 0 atom stereocenters. The van der Waals surface area contributed by atoms with Crippen LogP contribution in [-0.4, -0.2) is 24.4 Å². The Bertz CT molecular complexity index is 816. The predicted octanol–water partition coefficient (Wildman–Crippen LogP) is 3.99. The van der Waals surface area contributed by atoms with Crippen molar-refractivity contribution >= 4 is 29.7 Å². The van der Waals surface area contributed by atoms with Gasteiger partial charge in [-0.3, -0.25) is 9.59 Å². The van der Waals surface area contributed by atoms with E-state index in [1.54, 1.807) is 31.3 Å². The van der Waals surface area contributed by atoms with E-state index in [0.717, 1.165) is 5.56 Å². The normalized spacial score (nSPS) is 11.4. The van der Waals surface area contributed by atoms with Crippen LogP contribution in [0.3, 0.4) is 0 Å². The number of thioether (sulfide) groups is 1. The van der Waals surface area contributed by atoms with E-state index in [1.165, 1.54) is 36.4 Å². The Morgan fingerprint density at radius 3 is 2.22 bits per heavy atom. The largest absolute Gasteiger partial charge is 0.446 e. The minimum absolute atomic E-state index is 0.0873. The van der Waals surface area contributed by atoms with Gasteiger partial charge in [-0.05, 0) is 53.2 Å². The average Bonchev–Trinajstić information content (AvgIpc) is 2.64. The fraction of sp³-hybridized carbons (Fsp3) is 0.158. The summed E-state index contributed by atoms with van der Waals surface area (Å²) >= 11 is -0.185. The van der Waals surface area contributed by atoms with Crippen molar-refractivity contribution in [2.24, 2.45) is 0 Å². The Balaban J connectivity index is 1.85. The molecule has 0 aliphatic heterocycles.